The van der Waals surface area contributed by atoms with Crippen LogP contribution in [-0.4, -0.2) is 33.4 Å². The fourth-order valence-electron chi connectivity index (χ4n) is 2.81. The molecular weight excluding hydrogens is 302 g/mol. The van der Waals surface area contributed by atoms with Crippen molar-refractivity contribution in [3.05, 3.63) is 47.3 Å². The molecule has 5 heteroatoms. The zero-order chi connectivity index (χ0) is 17.9. The molecule has 1 amide bonds. The Morgan fingerprint density at radius 1 is 1.25 bits per heavy atom. The Morgan fingerprint density at radius 2 is 1.88 bits per heavy atom. The second-order valence-electron chi connectivity index (χ2n) is 7.50. The van der Waals surface area contributed by atoms with Gasteiger partial charge in [0.05, 0.1) is 24.0 Å². The number of rotatable bonds is 5. The van der Waals surface area contributed by atoms with Crippen molar-refractivity contribution in [3.63, 3.8) is 0 Å². The molecule has 0 radical (unpaired) electrons. The summed E-state index contributed by atoms with van der Waals surface area (Å²) in [4.78, 5) is 12.4. The lowest BCUT2D eigenvalue weighted by Gasteiger charge is -2.25. The molecule has 0 aliphatic rings. The summed E-state index contributed by atoms with van der Waals surface area (Å²) in [6.45, 7) is 10.2. The molecule has 130 valence electrons. The Labute approximate surface area is 143 Å². The minimum absolute atomic E-state index is 0.0417. The Balaban J connectivity index is 2.09. The van der Waals surface area contributed by atoms with Gasteiger partial charge in [0, 0.05) is 11.3 Å². The average molecular weight is 329 g/mol. The summed E-state index contributed by atoms with van der Waals surface area (Å²) in [6, 6.07) is 9.10. The zero-order valence-corrected chi connectivity index (χ0v) is 15.1. The minimum atomic E-state index is -0.242. The maximum absolute atomic E-state index is 12.4. The lowest BCUT2D eigenvalue weighted by molar-refractivity contribution is 0.0897. The van der Waals surface area contributed by atoms with E-state index in [9.17, 15) is 9.90 Å². The number of nitrogens with zero attached hydrogens (tertiary/aromatic N) is 2. The largest absolute Gasteiger partial charge is 0.394 e. The van der Waals surface area contributed by atoms with Crippen LogP contribution in [0.3, 0.4) is 0 Å². The number of carbonyl (C=O) groups excluding carboxylic acids is 1. The van der Waals surface area contributed by atoms with Crippen LogP contribution in [0.2, 0.25) is 0 Å². The van der Waals surface area contributed by atoms with Crippen LogP contribution in [-0.2, 0) is 0 Å². The van der Waals surface area contributed by atoms with Crippen molar-refractivity contribution in [1.82, 2.24) is 15.1 Å². The summed E-state index contributed by atoms with van der Waals surface area (Å²) in [5.74, 6) is -0.168. The van der Waals surface area contributed by atoms with E-state index >= 15 is 0 Å². The molecule has 0 saturated carbocycles. The lowest BCUT2D eigenvalue weighted by Crippen LogP contribution is -2.40. The highest BCUT2D eigenvalue weighted by Gasteiger charge is 2.20. The summed E-state index contributed by atoms with van der Waals surface area (Å²) >= 11 is 0. The molecule has 0 bridgehead atoms. The number of aryl methyl sites for hydroxylation is 2. The van der Waals surface area contributed by atoms with E-state index in [4.69, 9.17) is 0 Å². The molecule has 24 heavy (non-hydrogen) atoms. The third-order valence-electron chi connectivity index (χ3n) is 3.80. The first kappa shape index (κ1) is 18.2. The smallest absolute Gasteiger partial charge is 0.251 e. The fraction of sp³-hybridized carbons (Fsp3) is 0.474. The Bertz CT molecular complexity index is 696. The van der Waals surface area contributed by atoms with Crippen molar-refractivity contribution in [2.75, 3.05) is 6.61 Å². The van der Waals surface area contributed by atoms with E-state index in [1.54, 1.807) is 12.1 Å². The maximum Gasteiger partial charge on any atom is 0.251 e. The third-order valence-corrected chi connectivity index (χ3v) is 3.80. The number of carbonyl (C=O) groups is 1. The van der Waals surface area contributed by atoms with E-state index in [1.165, 1.54) is 0 Å². The SMILES string of the molecule is Cc1cc(C)n(-c2ccc(C(=O)NC(CO)CC(C)(C)C)cc2)n1. The summed E-state index contributed by atoms with van der Waals surface area (Å²) < 4.78 is 1.85. The van der Waals surface area contributed by atoms with Gasteiger partial charge in [-0.05, 0) is 56.0 Å². The second kappa shape index (κ2) is 7.18. The number of hydrogen-bond donors (Lipinski definition) is 2. The molecular formula is C19H27N3O2. The van der Waals surface area contributed by atoms with Crippen LogP contribution in [0.1, 0.15) is 48.9 Å². The summed E-state index contributed by atoms with van der Waals surface area (Å²) in [6.07, 6.45) is 0.721. The van der Waals surface area contributed by atoms with Crippen LogP contribution in [0.4, 0.5) is 0 Å². The van der Waals surface area contributed by atoms with Crippen LogP contribution in [0.15, 0.2) is 30.3 Å². The van der Waals surface area contributed by atoms with Gasteiger partial charge in [0.15, 0.2) is 0 Å². The minimum Gasteiger partial charge on any atom is -0.394 e. The molecule has 1 aromatic carbocycles. The van der Waals surface area contributed by atoms with Crippen molar-refractivity contribution in [2.24, 2.45) is 5.41 Å². The predicted molar refractivity (Wildman–Crippen MR) is 95.5 cm³/mol. The van der Waals surface area contributed by atoms with E-state index in [0.29, 0.717) is 5.56 Å². The molecule has 1 aromatic heterocycles. The molecule has 0 spiro atoms. The van der Waals surface area contributed by atoms with Crippen molar-refractivity contribution >= 4 is 5.91 Å². The van der Waals surface area contributed by atoms with E-state index in [1.807, 2.05) is 36.7 Å². The highest BCUT2D eigenvalue weighted by Crippen LogP contribution is 2.21. The standard InChI is InChI=1S/C19H27N3O2/c1-13-10-14(2)22(21-13)17-8-6-15(7-9-17)18(24)20-16(12-23)11-19(3,4)5/h6-10,16,23H,11-12H2,1-5H3,(H,20,24). The average Bonchev–Trinajstić information content (AvgIpc) is 2.84. The first-order valence-electron chi connectivity index (χ1n) is 8.25. The molecule has 0 fully saturated rings. The molecule has 2 rings (SSSR count). The topological polar surface area (TPSA) is 67.2 Å². The van der Waals surface area contributed by atoms with Gasteiger partial charge in [-0.3, -0.25) is 4.79 Å². The highest BCUT2D eigenvalue weighted by molar-refractivity contribution is 5.94. The van der Waals surface area contributed by atoms with Gasteiger partial charge >= 0.3 is 0 Å². The molecule has 0 aliphatic heterocycles. The van der Waals surface area contributed by atoms with Crippen LogP contribution < -0.4 is 5.32 Å². The summed E-state index contributed by atoms with van der Waals surface area (Å²) in [7, 11) is 0. The van der Waals surface area contributed by atoms with Gasteiger partial charge < -0.3 is 10.4 Å². The van der Waals surface area contributed by atoms with Crippen molar-refractivity contribution < 1.29 is 9.90 Å². The number of aliphatic hydroxyl groups is 1. The molecule has 1 unspecified atom stereocenters. The lowest BCUT2D eigenvalue weighted by atomic mass is 9.88. The van der Waals surface area contributed by atoms with E-state index in [0.717, 1.165) is 23.5 Å². The molecule has 1 atom stereocenters. The van der Waals surface area contributed by atoms with Crippen LogP contribution in [0, 0.1) is 19.3 Å². The molecule has 0 aliphatic carbocycles. The normalized spacial score (nSPS) is 12.9. The molecule has 0 saturated heterocycles. The van der Waals surface area contributed by atoms with Crippen LogP contribution in [0.25, 0.3) is 5.69 Å². The Morgan fingerprint density at radius 3 is 2.33 bits per heavy atom. The molecule has 2 N–H and O–H groups in total. The van der Waals surface area contributed by atoms with Gasteiger partial charge in [0.2, 0.25) is 0 Å². The number of benzene rings is 1. The van der Waals surface area contributed by atoms with E-state index < -0.39 is 0 Å². The van der Waals surface area contributed by atoms with Gasteiger partial charge in [-0.2, -0.15) is 5.10 Å². The van der Waals surface area contributed by atoms with Gasteiger partial charge in [0.25, 0.3) is 5.91 Å². The maximum atomic E-state index is 12.4. The van der Waals surface area contributed by atoms with Gasteiger partial charge in [-0.15, -0.1) is 0 Å². The monoisotopic (exact) mass is 329 g/mol. The summed E-state index contributed by atoms with van der Waals surface area (Å²) in [5.41, 5.74) is 3.55. The van der Waals surface area contributed by atoms with Crippen LogP contribution in [0.5, 0.6) is 0 Å². The van der Waals surface area contributed by atoms with E-state index in [2.05, 4.69) is 31.2 Å². The van der Waals surface area contributed by atoms with Gasteiger partial charge in [-0.1, -0.05) is 20.8 Å². The number of amides is 1. The third kappa shape index (κ3) is 4.68. The number of aromatic nitrogens is 2. The van der Waals surface area contributed by atoms with Crippen molar-refractivity contribution in [3.8, 4) is 5.69 Å². The van der Waals surface area contributed by atoms with Gasteiger partial charge in [0.1, 0.15) is 0 Å². The Kier molecular flexibility index (Phi) is 5.44. The van der Waals surface area contributed by atoms with Crippen molar-refractivity contribution in [2.45, 2.75) is 47.1 Å². The fourth-order valence-corrected chi connectivity index (χ4v) is 2.81. The number of aliphatic hydroxyl groups excluding tert-OH is 1. The zero-order valence-electron chi connectivity index (χ0n) is 15.1. The van der Waals surface area contributed by atoms with Gasteiger partial charge in [-0.25, -0.2) is 4.68 Å². The molecule has 1 heterocycles. The molecule has 5 nitrogen and oxygen atoms in total. The second-order valence-corrected chi connectivity index (χ2v) is 7.50. The number of hydrogen-bond acceptors (Lipinski definition) is 3. The van der Waals surface area contributed by atoms with Crippen molar-refractivity contribution in [1.29, 1.82) is 0 Å². The quantitative estimate of drug-likeness (QED) is 0.886. The summed E-state index contributed by atoms with van der Waals surface area (Å²) in [5, 5.41) is 16.8. The first-order chi connectivity index (χ1) is 11.2. The molecule has 2 aromatic rings. The first-order valence-corrected chi connectivity index (χ1v) is 8.25. The number of nitrogens with one attached hydrogen (secondary N) is 1. The Hall–Kier alpha value is -2.14. The van der Waals surface area contributed by atoms with E-state index in [-0.39, 0.29) is 24.0 Å². The highest BCUT2D eigenvalue weighted by atomic mass is 16.3. The predicted octanol–water partition coefficient (Wildman–Crippen LogP) is 3.02. The van der Waals surface area contributed by atoms with Crippen LogP contribution >= 0.6 is 0 Å².